The Labute approximate surface area is 155 Å². The molecule has 0 amide bonds. The molecule has 0 saturated heterocycles. The van der Waals surface area contributed by atoms with Crippen LogP contribution in [0.2, 0.25) is 5.02 Å². The van der Waals surface area contributed by atoms with Gasteiger partial charge in [0.25, 0.3) is 0 Å². The summed E-state index contributed by atoms with van der Waals surface area (Å²) in [6.45, 7) is 0. The Bertz CT molecular complexity index is 847. The number of methoxy groups -OCH3 is 2. The highest BCUT2D eigenvalue weighted by atomic mass is 35.5. The van der Waals surface area contributed by atoms with E-state index in [-0.39, 0.29) is 11.5 Å². The molecule has 2 atom stereocenters. The van der Waals surface area contributed by atoms with Gasteiger partial charge >= 0.3 is 5.97 Å². The molecule has 0 saturated carbocycles. The number of hydrogen-bond donors (Lipinski definition) is 1. The molecule has 6 nitrogen and oxygen atoms in total. The Kier molecular flexibility index (Phi) is 5.23. The number of Topliss-reactive ketones (excluding diaryl/α,β-unsaturated/α-hetero) is 1. The summed E-state index contributed by atoms with van der Waals surface area (Å²) in [6, 6.07) is 12.9. The first-order chi connectivity index (χ1) is 12.5. The Morgan fingerprint density at radius 3 is 2.27 bits per heavy atom. The van der Waals surface area contributed by atoms with Crippen LogP contribution in [0, 0.1) is 0 Å². The van der Waals surface area contributed by atoms with Crippen molar-refractivity contribution < 1.29 is 19.1 Å². The first-order valence-electron chi connectivity index (χ1n) is 7.90. The van der Waals surface area contributed by atoms with Gasteiger partial charge in [-0.2, -0.15) is 5.10 Å². The number of ether oxygens (including phenoxy) is 2. The van der Waals surface area contributed by atoms with Crippen LogP contribution in [0.3, 0.4) is 0 Å². The molecule has 2 aromatic carbocycles. The molecule has 26 heavy (non-hydrogen) atoms. The zero-order valence-electron chi connectivity index (χ0n) is 14.2. The van der Waals surface area contributed by atoms with Gasteiger partial charge in [-0.25, -0.2) is 4.79 Å². The third kappa shape index (κ3) is 3.41. The fourth-order valence-electron chi connectivity index (χ4n) is 2.86. The van der Waals surface area contributed by atoms with E-state index in [0.717, 1.165) is 5.56 Å². The summed E-state index contributed by atoms with van der Waals surface area (Å²) in [7, 11) is 2.87. The molecule has 1 aliphatic heterocycles. The first kappa shape index (κ1) is 17.9. The molecule has 1 N–H and O–H groups in total. The molecule has 1 aliphatic rings. The Morgan fingerprint density at radius 2 is 1.69 bits per heavy atom. The van der Waals surface area contributed by atoms with Crippen molar-refractivity contribution in [1.29, 1.82) is 0 Å². The number of rotatable bonds is 5. The summed E-state index contributed by atoms with van der Waals surface area (Å²) < 4.78 is 10.0. The molecule has 2 aromatic rings. The number of carbonyl (C=O) groups excluding carboxylic acids is 2. The van der Waals surface area contributed by atoms with E-state index >= 15 is 0 Å². The molecule has 3 rings (SSSR count). The molecule has 0 fully saturated rings. The van der Waals surface area contributed by atoms with Gasteiger partial charge in [-0.1, -0.05) is 23.7 Å². The van der Waals surface area contributed by atoms with Crippen molar-refractivity contribution in [2.24, 2.45) is 5.10 Å². The van der Waals surface area contributed by atoms with E-state index < -0.39 is 17.9 Å². The Morgan fingerprint density at radius 1 is 1.04 bits per heavy atom. The van der Waals surface area contributed by atoms with Crippen molar-refractivity contribution in [2.45, 2.75) is 12.0 Å². The zero-order chi connectivity index (χ0) is 18.7. The van der Waals surface area contributed by atoms with Crippen molar-refractivity contribution in [2.75, 3.05) is 14.2 Å². The Hall–Kier alpha value is -2.86. The molecule has 0 unspecified atom stereocenters. The highest BCUT2D eigenvalue weighted by molar-refractivity contribution is 6.48. The highest BCUT2D eigenvalue weighted by Gasteiger charge is 2.41. The van der Waals surface area contributed by atoms with Crippen LogP contribution in [0.1, 0.15) is 21.8 Å². The summed E-state index contributed by atoms with van der Waals surface area (Å²) in [5.41, 5.74) is 4.18. The minimum absolute atomic E-state index is 0.243. The number of nitrogens with one attached hydrogen (secondary N) is 1. The predicted octanol–water partition coefficient (Wildman–Crippen LogP) is 2.82. The van der Waals surface area contributed by atoms with E-state index in [4.69, 9.17) is 21.1 Å². The van der Waals surface area contributed by atoms with Crippen molar-refractivity contribution in [1.82, 2.24) is 5.43 Å². The number of ketones is 1. The van der Waals surface area contributed by atoms with Gasteiger partial charge in [0.15, 0.2) is 6.04 Å². The largest absolute Gasteiger partial charge is 0.497 e. The SMILES string of the molecule is COC(=O)[C@H]1NN=C(C(=O)c2ccc(Cl)cc2)[C@H]1c1ccc(OC)cc1. The number of benzene rings is 2. The normalized spacial score (nSPS) is 18.7. The maximum Gasteiger partial charge on any atom is 0.330 e. The van der Waals surface area contributed by atoms with E-state index in [2.05, 4.69) is 10.5 Å². The summed E-state index contributed by atoms with van der Waals surface area (Å²) in [4.78, 5) is 25.1. The minimum atomic E-state index is -0.778. The van der Waals surface area contributed by atoms with E-state index in [1.165, 1.54) is 7.11 Å². The number of carbonyl (C=O) groups is 2. The third-order valence-electron chi connectivity index (χ3n) is 4.22. The average Bonchev–Trinajstić information content (AvgIpc) is 3.12. The number of hydrogen-bond acceptors (Lipinski definition) is 6. The molecule has 7 heteroatoms. The van der Waals surface area contributed by atoms with Gasteiger partial charge < -0.3 is 9.47 Å². The lowest BCUT2D eigenvalue weighted by atomic mass is 9.85. The van der Waals surface area contributed by atoms with Crippen LogP contribution in [0.4, 0.5) is 0 Å². The molecular weight excluding hydrogens is 356 g/mol. The van der Waals surface area contributed by atoms with Crippen LogP contribution in [0.15, 0.2) is 53.6 Å². The van der Waals surface area contributed by atoms with Gasteiger partial charge in [0.2, 0.25) is 5.78 Å². The van der Waals surface area contributed by atoms with Crippen molar-refractivity contribution in [3.8, 4) is 5.75 Å². The molecule has 1 heterocycles. The van der Waals surface area contributed by atoms with Crippen LogP contribution in [-0.2, 0) is 9.53 Å². The summed E-state index contributed by atoms with van der Waals surface area (Å²) in [6.07, 6.45) is 0. The maximum atomic E-state index is 12.9. The van der Waals surface area contributed by atoms with E-state index in [1.807, 2.05) is 0 Å². The predicted molar refractivity (Wildman–Crippen MR) is 97.9 cm³/mol. The fraction of sp³-hybridized carbons (Fsp3) is 0.211. The molecule has 134 valence electrons. The monoisotopic (exact) mass is 372 g/mol. The van der Waals surface area contributed by atoms with Crippen molar-refractivity contribution >= 4 is 29.1 Å². The first-order valence-corrected chi connectivity index (χ1v) is 8.28. The average molecular weight is 373 g/mol. The molecular formula is C19H17ClN2O4. The molecule has 0 aromatic heterocycles. The Balaban J connectivity index is 1.97. The summed E-state index contributed by atoms with van der Waals surface area (Å²) >= 11 is 5.89. The van der Waals surface area contributed by atoms with Gasteiger partial charge in [0.1, 0.15) is 11.5 Å². The van der Waals surface area contributed by atoms with Gasteiger partial charge in [-0.15, -0.1) is 0 Å². The number of esters is 1. The lowest BCUT2D eigenvalue weighted by Gasteiger charge is -2.19. The summed E-state index contributed by atoms with van der Waals surface area (Å²) in [5, 5.41) is 4.67. The standard InChI is InChI=1S/C19H17ClN2O4/c1-25-14-9-5-11(6-10-14)15-16(21-22-17(15)19(24)26-2)18(23)12-3-7-13(20)8-4-12/h3-10,15,17,22H,1-2H3/t15-,17+/m1/s1. The lowest BCUT2D eigenvalue weighted by molar-refractivity contribution is -0.143. The van der Waals surface area contributed by atoms with Crippen molar-refractivity contribution in [3.05, 3.63) is 64.7 Å². The molecule has 0 spiro atoms. The van der Waals surface area contributed by atoms with E-state index in [0.29, 0.717) is 16.3 Å². The van der Waals surface area contributed by atoms with Crippen LogP contribution < -0.4 is 10.2 Å². The van der Waals surface area contributed by atoms with Crippen LogP contribution >= 0.6 is 11.6 Å². The summed E-state index contributed by atoms with van der Waals surface area (Å²) in [5.74, 6) is -0.664. The number of nitrogens with zero attached hydrogens (tertiary/aromatic N) is 1. The van der Waals surface area contributed by atoms with Crippen molar-refractivity contribution in [3.63, 3.8) is 0 Å². The zero-order valence-corrected chi connectivity index (χ0v) is 15.0. The second-order valence-corrected chi connectivity index (χ2v) is 6.15. The van der Waals surface area contributed by atoms with Gasteiger partial charge in [-0.05, 0) is 42.0 Å². The smallest absolute Gasteiger partial charge is 0.330 e. The molecule has 0 aliphatic carbocycles. The fourth-order valence-corrected chi connectivity index (χ4v) is 2.99. The second-order valence-electron chi connectivity index (χ2n) is 5.71. The topological polar surface area (TPSA) is 77.0 Å². The van der Waals surface area contributed by atoms with Crippen LogP contribution in [0.25, 0.3) is 0 Å². The lowest BCUT2D eigenvalue weighted by Crippen LogP contribution is -2.38. The van der Waals surface area contributed by atoms with Crippen LogP contribution in [-0.4, -0.2) is 37.7 Å². The minimum Gasteiger partial charge on any atom is -0.497 e. The van der Waals surface area contributed by atoms with Crippen LogP contribution in [0.5, 0.6) is 5.75 Å². The second kappa shape index (κ2) is 7.58. The number of halogens is 1. The van der Waals surface area contributed by atoms with Gasteiger partial charge in [-0.3, -0.25) is 10.2 Å². The maximum absolute atomic E-state index is 12.9. The number of hydrazone groups is 1. The van der Waals surface area contributed by atoms with Gasteiger partial charge in [0.05, 0.1) is 20.1 Å². The van der Waals surface area contributed by atoms with E-state index in [1.54, 1.807) is 55.6 Å². The van der Waals surface area contributed by atoms with E-state index in [9.17, 15) is 9.59 Å². The quantitative estimate of drug-likeness (QED) is 0.645. The molecule has 0 radical (unpaired) electrons. The molecule has 0 bridgehead atoms. The third-order valence-corrected chi connectivity index (χ3v) is 4.47. The van der Waals surface area contributed by atoms with Gasteiger partial charge in [0, 0.05) is 10.6 Å². The highest BCUT2D eigenvalue weighted by Crippen LogP contribution is 2.30.